The molecule has 3 aromatic rings. The predicted octanol–water partition coefficient (Wildman–Crippen LogP) is 7.32. The summed E-state index contributed by atoms with van der Waals surface area (Å²) >= 11 is 0. The number of carbonyl (C=O) groups excluding carboxylic acids is 5. The molecule has 59 heavy (non-hydrogen) atoms. The first-order chi connectivity index (χ1) is 27.8. The van der Waals surface area contributed by atoms with E-state index in [-0.39, 0.29) is 71.7 Å². The summed E-state index contributed by atoms with van der Waals surface area (Å²) in [5, 5.41) is 9.63. The van der Waals surface area contributed by atoms with Gasteiger partial charge in [-0.05, 0) is 83.9 Å². The first-order valence-corrected chi connectivity index (χ1v) is 19.7. The lowest BCUT2D eigenvalue weighted by Crippen LogP contribution is -2.52. The van der Waals surface area contributed by atoms with Gasteiger partial charge in [0.25, 0.3) is 0 Å². The fraction of sp³-hybridized carbons (Fsp3) is 0.467. The lowest BCUT2D eigenvalue weighted by molar-refractivity contribution is -0.178. The van der Waals surface area contributed by atoms with Crippen LogP contribution in [0.5, 0.6) is 0 Å². The van der Waals surface area contributed by atoms with E-state index in [1.54, 1.807) is 53.7 Å². The highest BCUT2D eigenvalue weighted by Gasteiger charge is 2.52. The fourth-order valence-corrected chi connectivity index (χ4v) is 6.38. The fourth-order valence-electron chi connectivity index (χ4n) is 6.38. The lowest BCUT2D eigenvalue weighted by atomic mass is 9.78. The molecule has 14 heteroatoms. The summed E-state index contributed by atoms with van der Waals surface area (Å²) in [6, 6.07) is 27.6. The number of hydrogen-bond acceptors (Lipinski definition) is 11. The molecule has 0 spiro atoms. The highest BCUT2D eigenvalue weighted by molar-refractivity contribution is 6.00. The summed E-state index contributed by atoms with van der Waals surface area (Å²) in [6.45, 7) is 11.4. The molecule has 0 aromatic heterocycles. The topological polar surface area (TPSA) is 175 Å². The van der Waals surface area contributed by atoms with Crippen molar-refractivity contribution < 1.29 is 57.6 Å². The van der Waals surface area contributed by atoms with Crippen molar-refractivity contribution in [3.05, 3.63) is 108 Å². The Morgan fingerprint density at radius 1 is 0.492 bits per heavy atom. The van der Waals surface area contributed by atoms with E-state index in [2.05, 4.69) is 0 Å². The van der Waals surface area contributed by atoms with Gasteiger partial charge in [-0.25, -0.2) is 9.59 Å². The number of amides is 2. The van der Waals surface area contributed by atoms with Gasteiger partial charge in [-0.1, -0.05) is 91.0 Å². The summed E-state index contributed by atoms with van der Waals surface area (Å²) in [4.78, 5) is 78.2. The van der Waals surface area contributed by atoms with Gasteiger partial charge in [-0.2, -0.15) is 0 Å². The van der Waals surface area contributed by atoms with Gasteiger partial charge in [-0.3, -0.25) is 19.2 Å². The van der Waals surface area contributed by atoms with E-state index in [1.807, 2.05) is 78.9 Å². The van der Waals surface area contributed by atoms with Crippen LogP contribution in [0.1, 0.15) is 83.9 Å². The normalized spacial score (nSPS) is 16.0. The minimum Gasteiger partial charge on any atom is -0.480 e. The molecule has 0 saturated carbocycles. The van der Waals surface area contributed by atoms with Crippen molar-refractivity contribution in [1.29, 1.82) is 0 Å². The zero-order valence-electron chi connectivity index (χ0n) is 34.8. The number of rotatable bonds is 10. The molecule has 2 saturated heterocycles. The summed E-state index contributed by atoms with van der Waals surface area (Å²) < 4.78 is 27.1. The summed E-state index contributed by atoms with van der Waals surface area (Å²) in [5.74, 6) is -3.25. The Kier molecular flexibility index (Phi) is 15.6. The average Bonchev–Trinajstić information content (AvgIpc) is 3.21. The van der Waals surface area contributed by atoms with Gasteiger partial charge in [0, 0.05) is 26.2 Å². The second-order valence-corrected chi connectivity index (χ2v) is 16.6. The number of piperidine rings is 2. The van der Waals surface area contributed by atoms with Crippen molar-refractivity contribution >= 4 is 36.1 Å². The molecule has 2 fully saturated rings. The second kappa shape index (κ2) is 20.2. The second-order valence-electron chi connectivity index (χ2n) is 16.6. The number of nitrogens with zero attached hydrogens (tertiary/aromatic N) is 2. The Labute approximate surface area is 345 Å². The van der Waals surface area contributed by atoms with Gasteiger partial charge < -0.3 is 38.6 Å². The van der Waals surface area contributed by atoms with Gasteiger partial charge in [-0.15, -0.1) is 0 Å². The molecule has 0 unspecified atom stereocenters. The van der Waals surface area contributed by atoms with Crippen molar-refractivity contribution in [2.45, 2.75) is 98.2 Å². The number of carboxylic acids is 1. The Balaban J connectivity index is 0.000000268. The van der Waals surface area contributed by atoms with Crippen molar-refractivity contribution in [2.24, 2.45) is 10.8 Å². The number of carbonyl (C=O) groups is 6. The monoisotopic (exact) mass is 816 g/mol. The van der Waals surface area contributed by atoms with E-state index in [4.69, 9.17) is 23.7 Å². The van der Waals surface area contributed by atoms with E-state index in [0.29, 0.717) is 0 Å². The van der Waals surface area contributed by atoms with Crippen LogP contribution in [0.2, 0.25) is 0 Å². The minimum absolute atomic E-state index is 0.00476. The van der Waals surface area contributed by atoms with E-state index >= 15 is 0 Å². The number of aliphatic carboxylic acids is 1. The van der Waals surface area contributed by atoms with E-state index in [1.165, 1.54) is 9.80 Å². The van der Waals surface area contributed by atoms with Crippen LogP contribution in [-0.4, -0.2) is 88.4 Å². The quantitative estimate of drug-likeness (QED) is 0.123. The minimum atomic E-state index is -1.63. The number of benzene rings is 3. The molecule has 2 amide bonds. The van der Waals surface area contributed by atoms with Crippen LogP contribution in [0.3, 0.4) is 0 Å². The highest BCUT2D eigenvalue weighted by atomic mass is 16.6. The van der Waals surface area contributed by atoms with Crippen molar-refractivity contribution in [1.82, 2.24) is 9.80 Å². The molecular formula is C45H56N2O12. The first-order valence-electron chi connectivity index (χ1n) is 19.7. The Hall–Kier alpha value is -5.92. The van der Waals surface area contributed by atoms with Crippen LogP contribution in [-0.2, 0) is 62.7 Å². The van der Waals surface area contributed by atoms with Crippen LogP contribution in [0, 0.1) is 10.8 Å². The van der Waals surface area contributed by atoms with Gasteiger partial charge in [0.2, 0.25) is 0 Å². The molecule has 2 aliphatic rings. The largest absolute Gasteiger partial charge is 0.480 e. The van der Waals surface area contributed by atoms with E-state index in [9.17, 15) is 33.9 Å². The number of esters is 3. The van der Waals surface area contributed by atoms with Crippen LogP contribution in [0.4, 0.5) is 9.59 Å². The molecule has 5 rings (SSSR count). The maximum atomic E-state index is 13.2. The lowest BCUT2D eigenvalue weighted by Gasteiger charge is -2.38. The maximum Gasteiger partial charge on any atom is 0.410 e. The molecule has 0 bridgehead atoms. The van der Waals surface area contributed by atoms with E-state index in [0.717, 1.165) is 16.7 Å². The number of ether oxygens (including phenoxy) is 5. The zero-order chi connectivity index (χ0) is 43.3. The van der Waals surface area contributed by atoms with Crippen LogP contribution in [0.15, 0.2) is 91.0 Å². The molecule has 0 aliphatic carbocycles. The van der Waals surface area contributed by atoms with Crippen LogP contribution < -0.4 is 0 Å². The molecule has 2 heterocycles. The van der Waals surface area contributed by atoms with Crippen molar-refractivity contribution in [3.8, 4) is 0 Å². The highest BCUT2D eigenvalue weighted by Crippen LogP contribution is 2.37. The number of carboxylic acid groups (broad SMARTS) is 1. The summed E-state index contributed by atoms with van der Waals surface area (Å²) in [7, 11) is 0. The molecule has 1 N–H and O–H groups in total. The smallest absolute Gasteiger partial charge is 0.410 e. The van der Waals surface area contributed by atoms with E-state index < -0.39 is 58.1 Å². The SMILES string of the molecule is CC(C)(C)OC(=O)N1CCC(C(=O)O)(C(=O)OCc2ccccc2)CC1.CC(C)(C)OC(=O)N1CCC(C(=O)OCc2ccccc2)(C(=O)OCc2ccccc2)CC1. The Morgan fingerprint density at radius 3 is 1.03 bits per heavy atom. The molecule has 0 radical (unpaired) electrons. The third kappa shape index (κ3) is 13.3. The first kappa shape index (κ1) is 45.8. The number of likely N-dealkylation sites (tertiary alicyclic amines) is 2. The van der Waals surface area contributed by atoms with Gasteiger partial charge >= 0.3 is 36.1 Å². The summed E-state index contributed by atoms with van der Waals surface area (Å²) in [5.41, 5.74) is -1.93. The molecular weight excluding hydrogens is 760 g/mol. The molecule has 14 nitrogen and oxygen atoms in total. The predicted molar refractivity (Wildman–Crippen MR) is 215 cm³/mol. The standard InChI is InChI=1S/C26H31NO6.C19H25NO6/c1-25(2,3)33-24(30)27-16-14-26(15-17-27,22(28)31-18-20-10-6-4-7-11-20)23(29)32-19-21-12-8-5-9-13-21;1-18(2,3)26-17(24)20-11-9-19(10-12-20,15(21)22)16(23)25-13-14-7-5-4-6-8-14/h4-13H,14-19H2,1-3H3;4-8H,9-13H2,1-3H3,(H,21,22). The third-order valence-corrected chi connectivity index (χ3v) is 9.76. The third-order valence-electron chi connectivity index (χ3n) is 9.76. The molecule has 318 valence electrons. The average molecular weight is 817 g/mol. The van der Waals surface area contributed by atoms with Crippen LogP contribution >= 0.6 is 0 Å². The summed E-state index contributed by atoms with van der Waals surface area (Å²) in [6.07, 6.45) is -0.772. The van der Waals surface area contributed by atoms with Crippen molar-refractivity contribution in [2.75, 3.05) is 26.2 Å². The molecule has 0 atom stereocenters. The van der Waals surface area contributed by atoms with Crippen molar-refractivity contribution in [3.63, 3.8) is 0 Å². The zero-order valence-corrected chi connectivity index (χ0v) is 34.8. The molecule has 3 aromatic carbocycles. The van der Waals surface area contributed by atoms with Gasteiger partial charge in [0.1, 0.15) is 31.0 Å². The molecule has 2 aliphatic heterocycles. The Morgan fingerprint density at radius 2 is 0.763 bits per heavy atom. The van der Waals surface area contributed by atoms with Gasteiger partial charge in [0.05, 0.1) is 0 Å². The Bertz CT molecular complexity index is 1810. The van der Waals surface area contributed by atoms with Crippen LogP contribution in [0.25, 0.3) is 0 Å². The van der Waals surface area contributed by atoms with Gasteiger partial charge in [0.15, 0.2) is 10.8 Å². The maximum absolute atomic E-state index is 13.2. The number of hydrogen-bond donors (Lipinski definition) is 1.